The summed E-state index contributed by atoms with van der Waals surface area (Å²) in [6, 6.07) is 0.310. The van der Waals surface area contributed by atoms with Gasteiger partial charge in [0.05, 0.1) is 0 Å². The molecule has 1 rings (SSSR count). The molecule has 15 heavy (non-hydrogen) atoms. The minimum Gasteiger partial charge on any atom is -0.409 e. The van der Waals surface area contributed by atoms with E-state index in [9.17, 15) is 0 Å². The van der Waals surface area contributed by atoms with E-state index in [1.165, 1.54) is 0 Å². The van der Waals surface area contributed by atoms with Crippen molar-refractivity contribution in [3.63, 3.8) is 0 Å². The molecule has 2 unspecified atom stereocenters. The van der Waals surface area contributed by atoms with Crippen LogP contribution in [-0.2, 0) is 0 Å². The molecule has 0 spiro atoms. The highest BCUT2D eigenvalue weighted by Gasteiger charge is 2.25. The minimum absolute atomic E-state index is 0.271. The number of oxime groups is 1. The molecule has 0 radical (unpaired) electrons. The summed E-state index contributed by atoms with van der Waals surface area (Å²) in [6.07, 6.45) is 2.62. The molecule has 2 atom stereocenters. The van der Waals surface area contributed by atoms with E-state index in [2.05, 4.69) is 17.0 Å². The van der Waals surface area contributed by atoms with Gasteiger partial charge in [-0.15, -0.1) is 0 Å². The number of aliphatic hydroxyl groups excluding tert-OH is 1. The van der Waals surface area contributed by atoms with Gasteiger partial charge in [-0.05, 0) is 32.2 Å². The zero-order chi connectivity index (χ0) is 11.3. The molecule has 0 aromatic rings. The lowest BCUT2D eigenvalue weighted by Crippen LogP contribution is -2.34. The van der Waals surface area contributed by atoms with Gasteiger partial charge in [0.2, 0.25) is 0 Å². The van der Waals surface area contributed by atoms with E-state index in [1.807, 2.05) is 0 Å². The number of hydrogen-bond donors (Lipinski definition) is 3. The van der Waals surface area contributed by atoms with Crippen LogP contribution >= 0.6 is 0 Å². The number of rotatable bonds is 5. The highest BCUT2D eigenvalue weighted by atomic mass is 16.4. The fourth-order valence-electron chi connectivity index (χ4n) is 2.15. The summed E-state index contributed by atoms with van der Waals surface area (Å²) >= 11 is 0. The van der Waals surface area contributed by atoms with Crippen LogP contribution in [0.2, 0.25) is 0 Å². The van der Waals surface area contributed by atoms with Crippen molar-refractivity contribution in [3.8, 4) is 0 Å². The topological polar surface area (TPSA) is 82.1 Å². The Morgan fingerprint density at radius 1 is 1.67 bits per heavy atom. The van der Waals surface area contributed by atoms with Gasteiger partial charge in [-0.2, -0.15) is 0 Å². The molecule has 1 aliphatic rings. The lowest BCUT2D eigenvalue weighted by atomic mass is 10.1. The third-order valence-electron chi connectivity index (χ3n) is 3.11. The summed E-state index contributed by atoms with van der Waals surface area (Å²) in [5.41, 5.74) is 5.47. The molecule has 1 saturated heterocycles. The number of nitrogens with two attached hydrogens (primary N) is 1. The van der Waals surface area contributed by atoms with Crippen molar-refractivity contribution in [2.45, 2.75) is 32.2 Å². The van der Waals surface area contributed by atoms with Gasteiger partial charge < -0.3 is 16.0 Å². The van der Waals surface area contributed by atoms with Crippen molar-refractivity contribution in [2.75, 3.05) is 19.7 Å². The first-order valence-electron chi connectivity index (χ1n) is 5.48. The summed E-state index contributed by atoms with van der Waals surface area (Å²) < 4.78 is 0. The number of likely N-dealkylation sites (tertiary alicyclic amines) is 1. The van der Waals surface area contributed by atoms with E-state index in [4.69, 9.17) is 16.0 Å². The standard InChI is InChI=1S/C10H21N3O2/c1-8(6-10(11)12-15)13-4-2-9(7-13)3-5-14/h8-9,14-15H,2-7H2,1H3,(H2,11,12). The third-order valence-corrected chi connectivity index (χ3v) is 3.11. The summed E-state index contributed by atoms with van der Waals surface area (Å²) in [6.45, 7) is 4.41. The second-order valence-corrected chi connectivity index (χ2v) is 4.31. The molecule has 0 aliphatic carbocycles. The van der Waals surface area contributed by atoms with E-state index >= 15 is 0 Å². The van der Waals surface area contributed by atoms with Gasteiger partial charge in [0.1, 0.15) is 5.84 Å². The normalized spacial score (nSPS) is 25.7. The second-order valence-electron chi connectivity index (χ2n) is 4.31. The van der Waals surface area contributed by atoms with E-state index in [0.717, 1.165) is 25.9 Å². The van der Waals surface area contributed by atoms with Crippen molar-refractivity contribution in [1.29, 1.82) is 0 Å². The predicted octanol–water partition coefficient (Wildman–Crippen LogP) is 0.216. The third kappa shape index (κ3) is 3.68. The Bertz CT molecular complexity index is 221. The van der Waals surface area contributed by atoms with E-state index in [1.54, 1.807) is 0 Å². The fraction of sp³-hybridized carbons (Fsp3) is 0.900. The van der Waals surface area contributed by atoms with Crippen LogP contribution < -0.4 is 5.73 Å². The molecule has 0 aromatic carbocycles. The van der Waals surface area contributed by atoms with Crippen molar-refractivity contribution < 1.29 is 10.3 Å². The first-order chi connectivity index (χ1) is 7.17. The second kappa shape index (κ2) is 5.92. The summed E-state index contributed by atoms with van der Waals surface area (Å²) in [5, 5.41) is 20.3. The average Bonchev–Trinajstić information content (AvgIpc) is 2.67. The predicted molar refractivity (Wildman–Crippen MR) is 58.9 cm³/mol. The van der Waals surface area contributed by atoms with Crippen LogP contribution in [-0.4, -0.2) is 46.8 Å². The minimum atomic E-state index is 0.271. The van der Waals surface area contributed by atoms with Crippen molar-refractivity contribution in [1.82, 2.24) is 4.90 Å². The Hall–Kier alpha value is -0.810. The lowest BCUT2D eigenvalue weighted by molar-refractivity contribution is 0.228. The smallest absolute Gasteiger partial charge is 0.140 e. The first-order valence-corrected chi connectivity index (χ1v) is 5.48. The Morgan fingerprint density at radius 3 is 3.00 bits per heavy atom. The number of hydrogen-bond acceptors (Lipinski definition) is 4. The van der Waals surface area contributed by atoms with E-state index in [0.29, 0.717) is 18.4 Å². The van der Waals surface area contributed by atoms with Crippen LogP contribution in [0.4, 0.5) is 0 Å². The molecule has 1 heterocycles. The zero-order valence-electron chi connectivity index (χ0n) is 9.26. The molecule has 5 nitrogen and oxygen atoms in total. The van der Waals surface area contributed by atoms with Gasteiger partial charge in [0.25, 0.3) is 0 Å². The molecule has 1 fully saturated rings. The SMILES string of the molecule is CC(CC(N)=NO)N1CCC(CCO)C1. The van der Waals surface area contributed by atoms with Gasteiger partial charge in [-0.1, -0.05) is 5.16 Å². The molecule has 1 aliphatic heterocycles. The van der Waals surface area contributed by atoms with Crippen molar-refractivity contribution in [3.05, 3.63) is 0 Å². The van der Waals surface area contributed by atoms with Crippen LogP contribution in [0.25, 0.3) is 0 Å². The molecular weight excluding hydrogens is 194 g/mol. The largest absolute Gasteiger partial charge is 0.409 e. The van der Waals surface area contributed by atoms with Crippen LogP contribution in [0.1, 0.15) is 26.2 Å². The van der Waals surface area contributed by atoms with Gasteiger partial charge in [-0.3, -0.25) is 4.90 Å². The molecule has 4 N–H and O–H groups in total. The van der Waals surface area contributed by atoms with E-state index in [-0.39, 0.29) is 12.4 Å². The first kappa shape index (κ1) is 12.3. The van der Waals surface area contributed by atoms with Crippen molar-refractivity contribution >= 4 is 5.84 Å². The summed E-state index contributed by atoms with van der Waals surface area (Å²) in [7, 11) is 0. The van der Waals surface area contributed by atoms with Gasteiger partial charge >= 0.3 is 0 Å². The molecule has 0 saturated carbocycles. The van der Waals surface area contributed by atoms with Gasteiger partial charge in [0.15, 0.2) is 0 Å². The molecule has 0 aromatic heterocycles. The molecule has 0 bridgehead atoms. The quantitative estimate of drug-likeness (QED) is 0.265. The van der Waals surface area contributed by atoms with E-state index < -0.39 is 0 Å². The molecule has 0 amide bonds. The molecule has 5 heteroatoms. The van der Waals surface area contributed by atoms with Crippen LogP contribution in [0.15, 0.2) is 5.16 Å². The Kier molecular flexibility index (Phi) is 4.84. The number of aliphatic hydroxyl groups is 1. The summed E-state index contributed by atoms with van der Waals surface area (Å²) in [4.78, 5) is 2.33. The van der Waals surface area contributed by atoms with Gasteiger partial charge in [0, 0.05) is 25.6 Å². The Morgan fingerprint density at radius 2 is 2.40 bits per heavy atom. The summed E-state index contributed by atoms with van der Waals surface area (Å²) in [5.74, 6) is 0.887. The zero-order valence-corrected chi connectivity index (χ0v) is 9.26. The van der Waals surface area contributed by atoms with Crippen LogP contribution in [0.5, 0.6) is 0 Å². The van der Waals surface area contributed by atoms with Crippen LogP contribution in [0.3, 0.4) is 0 Å². The maximum absolute atomic E-state index is 8.84. The number of nitrogens with zero attached hydrogens (tertiary/aromatic N) is 2. The maximum atomic E-state index is 8.84. The monoisotopic (exact) mass is 215 g/mol. The highest BCUT2D eigenvalue weighted by Crippen LogP contribution is 2.22. The lowest BCUT2D eigenvalue weighted by Gasteiger charge is -2.23. The molecular formula is C10H21N3O2. The fourth-order valence-corrected chi connectivity index (χ4v) is 2.15. The van der Waals surface area contributed by atoms with Crippen LogP contribution in [0, 0.1) is 5.92 Å². The Balaban J connectivity index is 2.33. The Labute approximate surface area is 90.6 Å². The maximum Gasteiger partial charge on any atom is 0.140 e. The number of amidine groups is 1. The van der Waals surface area contributed by atoms with Crippen molar-refractivity contribution in [2.24, 2.45) is 16.8 Å². The van der Waals surface area contributed by atoms with Gasteiger partial charge in [-0.25, -0.2) is 0 Å². The molecule has 88 valence electrons. The highest BCUT2D eigenvalue weighted by molar-refractivity contribution is 5.80. The average molecular weight is 215 g/mol.